The van der Waals surface area contributed by atoms with Gasteiger partial charge in [-0.1, -0.05) is 36.4 Å². The average Bonchev–Trinajstić information content (AvgIpc) is 2.42. The third-order valence-electron chi connectivity index (χ3n) is 3.36. The molecule has 1 atom stereocenters. The van der Waals surface area contributed by atoms with Gasteiger partial charge in [0, 0.05) is 6.42 Å². The molecule has 0 amide bonds. The molecule has 1 aromatic carbocycles. The van der Waals surface area contributed by atoms with Crippen molar-refractivity contribution >= 4 is 11.9 Å². The molecule has 1 aliphatic heterocycles. The molecule has 0 fully saturated rings. The second kappa shape index (κ2) is 5.12. The first-order valence-corrected chi connectivity index (χ1v) is 6.46. The summed E-state index contributed by atoms with van der Waals surface area (Å²) in [6.45, 7) is 3.54. The van der Waals surface area contributed by atoms with Gasteiger partial charge >= 0.3 is 11.9 Å². The van der Waals surface area contributed by atoms with E-state index in [0.29, 0.717) is 0 Å². The number of rotatable bonds is 3. The van der Waals surface area contributed by atoms with Crippen LogP contribution in [0.15, 0.2) is 42.5 Å². The van der Waals surface area contributed by atoms with Crippen molar-refractivity contribution in [3.05, 3.63) is 48.0 Å². The molecule has 0 saturated heterocycles. The van der Waals surface area contributed by atoms with Crippen LogP contribution in [0.4, 0.5) is 0 Å². The Morgan fingerprint density at radius 2 is 1.85 bits per heavy atom. The Labute approximate surface area is 118 Å². The first kappa shape index (κ1) is 14.3. The zero-order valence-corrected chi connectivity index (χ0v) is 11.9. The quantitative estimate of drug-likeness (QED) is 0.482. The fraction of sp³-hybridized carbons (Fsp3) is 0.375. The van der Waals surface area contributed by atoms with Crippen LogP contribution in [0, 0.1) is 5.41 Å². The largest absolute Gasteiger partial charge is 0.468 e. The van der Waals surface area contributed by atoms with Crippen molar-refractivity contribution in [1.82, 2.24) is 0 Å². The van der Waals surface area contributed by atoms with Crippen molar-refractivity contribution in [3.63, 3.8) is 0 Å². The maximum atomic E-state index is 12.4. The highest BCUT2D eigenvalue weighted by Crippen LogP contribution is 2.35. The Morgan fingerprint density at radius 3 is 2.40 bits per heavy atom. The van der Waals surface area contributed by atoms with E-state index in [4.69, 9.17) is 9.47 Å². The van der Waals surface area contributed by atoms with Crippen LogP contribution in [0.3, 0.4) is 0 Å². The number of hydrogen-bond acceptors (Lipinski definition) is 4. The Hall–Kier alpha value is -2.10. The van der Waals surface area contributed by atoms with Crippen molar-refractivity contribution in [1.29, 1.82) is 0 Å². The van der Waals surface area contributed by atoms with Gasteiger partial charge in [-0.3, -0.25) is 9.59 Å². The molecule has 1 heterocycles. The average molecular weight is 274 g/mol. The molecule has 0 N–H and O–H groups in total. The van der Waals surface area contributed by atoms with E-state index in [9.17, 15) is 9.59 Å². The van der Waals surface area contributed by atoms with E-state index in [1.807, 2.05) is 30.3 Å². The van der Waals surface area contributed by atoms with Crippen LogP contribution in [0.5, 0.6) is 0 Å². The summed E-state index contributed by atoms with van der Waals surface area (Å²) >= 11 is 0. The lowest BCUT2D eigenvalue weighted by atomic mass is 9.78. The summed E-state index contributed by atoms with van der Waals surface area (Å²) in [6.07, 6.45) is 3.57. The lowest BCUT2D eigenvalue weighted by molar-refractivity contribution is -0.175. The molecule has 0 radical (unpaired) electrons. The van der Waals surface area contributed by atoms with Gasteiger partial charge in [0.1, 0.15) is 5.60 Å². The van der Waals surface area contributed by atoms with E-state index in [0.717, 1.165) is 5.56 Å². The maximum Gasteiger partial charge on any atom is 0.328 e. The van der Waals surface area contributed by atoms with E-state index in [1.54, 1.807) is 26.0 Å². The van der Waals surface area contributed by atoms with Gasteiger partial charge in [-0.25, -0.2) is 0 Å². The molecule has 1 aromatic rings. The molecule has 0 aliphatic carbocycles. The van der Waals surface area contributed by atoms with Crippen molar-refractivity contribution in [3.8, 4) is 0 Å². The molecule has 4 nitrogen and oxygen atoms in total. The lowest BCUT2D eigenvalue weighted by Crippen LogP contribution is -2.48. The molecule has 2 rings (SSSR count). The van der Waals surface area contributed by atoms with Crippen LogP contribution in [-0.4, -0.2) is 24.6 Å². The van der Waals surface area contributed by atoms with E-state index < -0.39 is 23.0 Å². The van der Waals surface area contributed by atoms with Gasteiger partial charge in [-0.05, 0) is 25.5 Å². The minimum atomic E-state index is -1.40. The highest BCUT2D eigenvalue weighted by Gasteiger charge is 2.50. The third kappa shape index (κ3) is 2.59. The predicted molar refractivity (Wildman–Crippen MR) is 73.9 cm³/mol. The molecule has 1 aliphatic rings. The van der Waals surface area contributed by atoms with Gasteiger partial charge in [0.05, 0.1) is 7.11 Å². The normalized spacial score (nSPS) is 24.1. The Bertz CT molecular complexity index is 545. The summed E-state index contributed by atoms with van der Waals surface area (Å²) in [5.41, 5.74) is -1.23. The van der Waals surface area contributed by atoms with Crippen LogP contribution >= 0.6 is 0 Å². The predicted octanol–water partition coefficient (Wildman–Crippen LogP) is 2.28. The van der Waals surface area contributed by atoms with Crippen molar-refractivity contribution in [2.75, 3.05) is 7.11 Å². The number of carbonyl (C=O) groups is 2. The number of ether oxygens (including phenoxy) is 2. The number of hydrogen-bond donors (Lipinski definition) is 0. The maximum absolute atomic E-state index is 12.4. The SMILES string of the molecule is COC(=O)C1(Cc2ccccc2)C=CC(C)(C)OC1=O. The van der Waals surface area contributed by atoms with Crippen LogP contribution in [0.2, 0.25) is 0 Å². The second-order valence-corrected chi connectivity index (χ2v) is 5.45. The van der Waals surface area contributed by atoms with Crippen LogP contribution < -0.4 is 0 Å². The highest BCUT2D eigenvalue weighted by atomic mass is 16.6. The summed E-state index contributed by atoms with van der Waals surface area (Å²) in [6, 6.07) is 9.34. The highest BCUT2D eigenvalue weighted by molar-refractivity contribution is 6.03. The molecular formula is C16H18O4. The van der Waals surface area contributed by atoms with Crippen molar-refractivity contribution in [2.24, 2.45) is 5.41 Å². The standard InChI is InChI=1S/C16H18O4/c1-15(2)9-10-16(13(17)19-3,14(18)20-15)11-12-7-5-4-6-8-12/h4-10H,11H2,1-3H3. The van der Waals surface area contributed by atoms with Crippen LogP contribution in [-0.2, 0) is 25.5 Å². The third-order valence-corrected chi connectivity index (χ3v) is 3.36. The molecule has 20 heavy (non-hydrogen) atoms. The van der Waals surface area contributed by atoms with Gasteiger partial charge in [0.15, 0.2) is 5.41 Å². The van der Waals surface area contributed by atoms with Gasteiger partial charge in [0.25, 0.3) is 0 Å². The summed E-state index contributed by atoms with van der Waals surface area (Å²) < 4.78 is 10.2. The molecule has 1 unspecified atom stereocenters. The molecule has 0 bridgehead atoms. The van der Waals surface area contributed by atoms with Crippen molar-refractivity contribution in [2.45, 2.75) is 25.9 Å². The van der Waals surface area contributed by atoms with E-state index >= 15 is 0 Å². The molecule has 0 aromatic heterocycles. The Balaban J connectivity index is 2.42. The topological polar surface area (TPSA) is 52.6 Å². The number of esters is 2. The first-order valence-electron chi connectivity index (χ1n) is 6.46. The Kier molecular flexibility index (Phi) is 3.66. The monoisotopic (exact) mass is 274 g/mol. The number of cyclic esters (lactones) is 1. The zero-order chi connectivity index (χ0) is 14.8. The molecule has 0 spiro atoms. The van der Waals surface area contributed by atoms with E-state index in [-0.39, 0.29) is 6.42 Å². The fourth-order valence-electron chi connectivity index (χ4n) is 2.23. The van der Waals surface area contributed by atoms with Gasteiger partial charge in [-0.15, -0.1) is 0 Å². The van der Waals surface area contributed by atoms with Crippen LogP contribution in [0.25, 0.3) is 0 Å². The smallest absolute Gasteiger partial charge is 0.328 e. The van der Waals surface area contributed by atoms with Gasteiger partial charge in [-0.2, -0.15) is 0 Å². The van der Waals surface area contributed by atoms with E-state index in [2.05, 4.69) is 0 Å². The Morgan fingerprint density at radius 1 is 1.20 bits per heavy atom. The lowest BCUT2D eigenvalue weighted by Gasteiger charge is -2.35. The van der Waals surface area contributed by atoms with Gasteiger partial charge < -0.3 is 9.47 Å². The zero-order valence-electron chi connectivity index (χ0n) is 11.9. The minimum Gasteiger partial charge on any atom is -0.468 e. The summed E-state index contributed by atoms with van der Waals surface area (Å²) in [5.74, 6) is -1.17. The fourth-order valence-corrected chi connectivity index (χ4v) is 2.23. The van der Waals surface area contributed by atoms with Gasteiger partial charge in [0.2, 0.25) is 0 Å². The summed E-state index contributed by atoms with van der Waals surface area (Å²) in [4.78, 5) is 24.5. The van der Waals surface area contributed by atoms with E-state index in [1.165, 1.54) is 7.11 Å². The number of carbonyl (C=O) groups excluding carboxylic acids is 2. The molecule has 0 saturated carbocycles. The summed E-state index contributed by atoms with van der Waals surface area (Å²) in [7, 11) is 1.27. The summed E-state index contributed by atoms with van der Waals surface area (Å²) in [5, 5.41) is 0. The van der Waals surface area contributed by atoms with Crippen molar-refractivity contribution < 1.29 is 19.1 Å². The first-order chi connectivity index (χ1) is 9.39. The molecular weight excluding hydrogens is 256 g/mol. The number of methoxy groups -OCH3 is 1. The van der Waals surface area contributed by atoms with Crippen LogP contribution in [0.1, 0.15) is 19.4 Å². The number of benzene rings is 1. The molecule has 4 heteroatoms. The second-order valence-electron chi connectivity index (χ2n) is 5.45. The molecule has 106 valence electrons. The minimum absolute atomic E-state index is 0.228.